The van der Waals surface area contributed by atoms with Gasteiger partial charge in [-0.15, -0.1) is 0 Å². The molecule has 1 heterocycles. The summed E-state index contributed by atoms with van der Waals surface area (Å²) in [4.78, 5) is 35.1. The van der Waals surface area contributed by atoms with Gasteiger partial charge >= 0.3 is 0 Å². The van der Waals surface area contributed by atoms with Crippen LogP contribution in [0.1, 0.15) is 104 Å². The number of ether oxygens (including phenoxy) is 2. The average molecular weight is 581 g/mol. The van der Waals surface area contributed by atoms with E-state index in [1.807, 2.05) is 37.3 Å². The number of hydrogen-bond donors (Lipinski definition) is 2. The lowest BCUT2D eigenvalue weighted by atomic mass is 10.0. The minimum atomic E-state index is -0.296. The molecule has 238 valence electrons. The van der Waals surface area contributed by atoms with E-state index < -0.39 is 0 Å². The Bertz CT molecular complexity index is 730. The van der Waals surface area contributed by atoms with Crippen molar-refractivity contribution in [3.63, 3.8) is 0 Å². The van der Waals surface area contributed by atoms with E-state index in [0.29, 0.717) is 31.6 Å². The fraction of sp³-hybridized carbons (Fsp3) is 0.727. The topological polar surface area (TPSA) is 105 Å². The number of aliphatic hydroxyl groups excluding tert-OH is 1. The third kappa shape index (κ3) is 29.0. The maximum Gasteiger partial charge on any atom is 0.242 e. The fourth-order valence-corrected chi connectivity index (χ4v) is 3.72. The highest BCUT2D eigenvalue weighted by atomic mass is 16.5. The first-order chi connectivity index (χ1) is 19.5. The van der Waals surface area contributed by atoms with Crippen LogP contribution in [0.25, 0.3) is 0 Å². The molecule has 2 N–H and O–H groups in total. The smallest absolute Gasteiger partial charge is 0.242 e. The summed E-state index contributed by atoms with van der Waals surface area (Å²) in [5.74, 6) is -0.281. The minimum absolute atomic E-state index is 0.00315. The highest BCUT2D eigenvalue weighted by Gasteiger charge is 2.27. The van der Waals surface area contributed by atoms with Crippen LogP contribution in [0.15, 0.2) is 30.3 Å². The van der Waals surface area contributed by atoms with Gasteiger partial charge in [-0.25, -0.2) is 0 Å². The molecule has 3 rings (SSSR count). The molecule has 1 saturated carbocycles. The number of hydrogen-bond acceptors (Lipinski definition) is 6. The molecule has 1 aliphatic carbocycles. The van der Waals surface area contributed by atoms with Crippen LogP contribution in [-0.2, 0) is 30.5 Å². The van der Waals surface area contributed by atoms with Gasteiger partial charge in [0.15, 0.2) is 0 Å². The van der Waals surface area contributed by atoms with E-state index in [1.54, 1.807) is 19.1 Å². The van der Waals surface area contributed by atoms with Gasteiger partial charge in [-0.3, -0.25) is 9.59 Å². The number of methoxy groups -OCH3 is 1. The molecule has 2 amide bonds. The number of benzene rings is 1. The van der Waals surface area contributed by atoms with Gasteiger partial charge in [0.05, 0.1) is 32.4 Å². The number of carbonyl (C=O) groups excluding carboxylic acids is 3. The van der Waals surface area contributed by atoms with Crippen LogP contribution in [0.4, 0.5) is 0 Å². The number of rotatable bonds is 9. The highest BCUT2D eigenvalue weighted by molar-refractivity contribution is 5.86. The van der Waals surface area contributed by atoms with Crippen molar-refractivity contribution in [2.75, 3.05) is 40.5 Å². The monoisotopic (exact) mass is 580 g/mol. The Morgan fingerprint density at radius 3 is 1.95 bits per heavy atom. The van der Waals surface area contributed by atoms with E-state index in [2.05, 4.69) is 37.7 Å². The molecular formula is C33H60N2O6. The quantitative estimate of drug-likeness (QED) is 0.277. The maximum atomic E-state index is 11.7. The third-order valence-electron chi connectivity index (χ3n) is 5.54. The predicted molar refractivity (Wildman–Crippen MR) is 168 cm³/mol. The summed E-state index contributed by atoms with van der Waals surface area (Å²) in [6.45, 7) is 12.4. The normalized spacial score (nSPS) is 15.7. The summed E-state index contributed by atoms with van der Waals surface area (Å²) in [6.07, 6.45) is 12.6. The Morgan fingerprint density at radius 1 is 1.00 bits per heavy atom. The van der Waals surface area contributed by atoms with Crippen molar-refractivity contribution >= 4 is 18.1 Å². The SMILES string of the molecule is C1CCCCC1.CC(C)(C)C.CCCC(=O)NCC(=O)N1CCCC1C=O.COC.OCCOCc1ccccc1. The van der Waals surface area contributed by atoms with Crippen molar-refractivity contribution in [2.24, 2.45) is 5.41 Å². The largest absolute Gasteiger partial charge is 0.394 e. The first-order valence-corrected chi connectivity index (χ1v) is 15.2. The van der Waals surface area contributed by atoms with Crippen molar-refractivity contribution < 1.29 is 29.0 Å². The summed E-state index contributed by atoms with van der Waals surface area (Å²) >= 11 is 0. The number of carbonyl (C=O) groups is 3. The van der Waals surface area contributed by atoms with E-state index in [1.165, 1.54) is 38.5 Å². The zero-order valence-corrected chi connectivity index (χ0v) is 27.1. The minimum Gasteiger partial charge on any atom is -0.394 e. The Labute approximate surface area is 250 Å². The lowest BCUT2D eigenvalue weighted by Crippen LogP contribution is -2.43. The lowest BCUT2D eigenvalue weighted by molar-refractivity contribution is -0.135. The van der Waals surface area contributed by atoms with Gasteiger partial charge in [0.1, 0.15) is 6.29 Å². The number of likely N-dealkylation sites (tertiary alicyclic amines) is 1. The summed E-state index contributed by atoms with van der Waals surface area (Å²) in [5.41, 5.74) is 1.64. The molecule has 2 fully saturated rings. The molecule has 1 aliphatic heterocycles. The van der Waals surface area contributed by atoms with Crippen molar-refractivity contribution in [1.82, 2.24) is 10.2 Å². The van der Waals surface area contributed by atoms with Crippen molar-refractivity contribution in [1.29, 1.82) is 0 Å². The van der Waals surface area contributed by atoms with Crippen LogP contribution >= 0.6 is 0 Å². The molecule has 0 spiro atoms. The number of nitrogens with one attached hydrogen (secondary N) is 1. The van der Waals surface area contributed by atoms with Gasteiger partial charge in [0.25, 0.3) is 0 Å². The van der Waals surface area contributed by atoms with E-state index >= 15 is 0 Å². The van der Waals surface area contributed by atoms with E-state index in [4.69, 9.17) is 9.84 Å². The van der Waals surface area contributed by atoms with Crippen LogP contribution in [0.3, 0.4) is 0 Å². The van der Waals surface area contributed by atoms with Gasteiger partial charge in [0.2, 0.25) is 11.8 Å². The van der Waals surface area contributed by atoms with Gasteiger partial charge in [0, 0.05) is 27.2 Å². The van der Waals surface area contributed by atoms with Crippen molar-refractivity contribution in [3.8, 4) is 0 Å². The second kappa shape index (κ2) is 27.9. The summed E-state index contributed by atoms with van der Waals surface area (Å²) in [6, 6.07) is 9.61. The standard InChI is InChI=1S/C11H18N2O3.C9H12O2.C6H12.C5H12.C2H6O/c1-2-4-10(15)12-7-11(16)13-6-3-5-9(13)8-14;10-6-7-11-8-9-4-2-1-3-5-9;1-2-4-6-5-3-1;1-5(2,3)4;1-3-2/h8-9H,2-7H2,1H3,(H,12,15);1-5,10H,6-8H2;1-6H2;1-4H3;1-2H3. The molecule has 2 aliphatic rings. The van der Waals surface area contributed by atoms with Gasteiger partial charge in [-0.05, 0) is 30.2 Å². The molecule has 1 saturated heterocycles. The van der Waals surface area contributed by atoms with Crippen LogP contribution in [-0.4, -0.2) is 74.7 Å². The molecule has 1 aromatic carbocycles. The van der Waals surface area contributed by atoms with Crippen molar-refractivity contribution in [3.05, 3.63) is 35.9 Å². The van der Waals surface area contributed by atoms with Crippen molar-refractivity contribution in [2.45, 2.75) is 111 Å². The van der Waals surface area contributed by atoms with Gasteiger partial charge in [-0.1, -0.05) is 103 Å². The Hall–Kier alpha value is -2.29. The Kier molecular flexibility index (Phi) is 27.8. The molecule has 0 bridgehead atoms. The average Bonchev–Trinajstić information content (AvgIpc) is 3.43. The van der Waals surface area contributed by atoms with Gasteiger partial charge < -0.3 is 29.6 Å². The first-order valence-electron chi connectivity index (χ1n) is 15.2. The van der Waals surface area contributed by atoms with E-state index in [-0.39, 0.29) is 31.0 Å². The number of amides is 2. The van der Waals surface area contributed by atoms with Crippen LogP contribution in [0.2, 0.25) is 0 Å². The second-order valence-electron chi connectivity index (χ2n) is 11.8. The zero-order valence-electron chi connectivity index (χ0n) is 27.1. The van der Waals surface area contributed by atoms with Gasteiger partial charge in [-0.2, -0.15) is 0 Å². The third-order valence-corrected chi connectivity index (χ3v) is 5.54. The number of aldehydes is 1. The molecule has 0 radical (unpaired) electrons. The second-order valence-corrected chi connectivity index (χ2v) is 11.8. The maximum absolute atomic E-state index is 11.7. The zero-order chi connectivity index (χ0) is 31.4. The van der Waals surface area contributed by atoms with Crippen LogP contribution in [0, 0.1) is 5.41 Å². The highest BCUT2D eigenvalue weighted by Crippen LogP contribution is 2.15. The summed E-state index contributed by atoms with van der Waals surface area (Å²) in [7, 11) is 3.25. The van der Waals surface area contributed by atoms with Crippen LogP contribution in [0.5, 0.6) is 0 Å². The molecule has 1 atom stereocenters. The molecule has 41 heavy (non-hydrogen) atoms. The molecule has 1 aromatic rings. The molecular weight excluding hydrogens is 520 g/mol. The molecule has 1 unspecified atom stereocenters. The lowest BCUT2D eigenvalue weighted by Gasteiger charge is -2.20. The van der Waals surface area contributed by atoms with E-state index in [9.17, 15) is 14.4 Å². The van der Waals surface area contributed by atoms with Crippen LogP contribution < -0.4 is 5.32 Å². The molecule has 0 aromatic heterocycles. The van der Waals surface area contributed by atoms with E-state index in [0.717, 1.165) is 31.1 Å². The summed E-state index contributed by atoms with van der Waals surface area (Å²) < 4.78 is 9.37. The molecule has 8 heteroatoms. The summed E-state index contributed by atoms with van der Waals surface area (Å²) in [5, 5.41) is 11.0. The molecule has 8 nitrogen and oxygen atoms in total. The fourth-order valence-electron chi connectivity index (χ4n) is 3.72. The Morgan fingerprint density at radius 2 is 1.51 bits per heavy atom. The Balaban J connectivity index is 0. The number of aliphatic hydroxyl groups is 1. The predicted octanol–water partition coefficient (Wildman–Crippen LogP) is 5.94. The first kappa shape index (κ1) is 40.8. The number of nitrogens with zero attached hydrogens (tertiary/aromatic N) is 1.